The van der Waals surface area contributed by atoms with Gasteiger partial charge in [0.15, 0.2) is 0 Å². The number of ether oxygens (including phenoxy) is 1. The minimum absolute atomic E-state index is 0.632. The first kappa shape index (κ1) is 13.5. The fraction of sp³-hybridized carbons (Fsp3) is 0.273. The van der Waals surface area contributed by atoms with E-state index in [1.54, 1.807) is 7.11 Å². The Hall–Kier alpha value is -0.920. The van der Waals surface area contributed by atoms with Crippen LogP contribution in [0.5, 0.6) is 5.75 Å². The van der Waals surface area contributed by atoms with E-state index in [1.165, 1.54) is 6.33 Å². The maximum Gasteiger partial charge on any atom is 0.138 e. The van der Waals surface area contributed by atoms with Gasteiger partial charge in [-0.25, -0.2) is 4.98 Å². The molecule has 7 heteroatoms. The highest BCUT2D eigenvalue weighted by atomic mass is 79.9. The van der Waals surface area contributed by atoms with Gasteiger partial charge in [0.05, 0.1) is 18.1 Å². The molecular formula is C11H12Br2N4O. The molecule has 0 aliphatic carbocycles. The molecule has 2 rings (SSSR count). The summed E-state index contributed by atoms with van der Waals surface area (Å²) in [6.07, 6.45) is 1.49. The van der Waals surface area contributed by atoms with E-state index >= 15 is 0 Å². The number of aromatic amines is 1. The second kappa shape index (κ2) is 6.31. The Morgan fingerprint density at radius 1 is 1.33 bits per heavy atom. The number of rotatable bonds is 5. The van der Waals surface area contributed by atoms with Crippen LogP contribution >= 0.6 is 31.9 Å². The average molecular weight is 376 g/mol. The fourth-order valence-electron chi connectivity index (χ4n) is 1.61. The topological polar surface area (TPSA) is 62.8 Å². The summed E-state index contributed by atoms with van der Waals surface area (Å²) in [6, 6.07) is 3.98. The molecule has 1 aromatic carbocycles. The molecule has 2 aromatic rings. The first-order valence-electron chi connectivity index (χ1n) is 5.27. The SMILES string of the molecule is COc1c(Br)cc(Br)cc1CNCc1ncn[nH]1. The van der Waals surface area contributed by atoms with Gasteiger partial charge in [-0.15, -0.1) is 0 Å². The molecule has 18 heavy (non-hydrogen) atoms. The molecular weight excluding hydrogens is 364 g/mol. The predicted octanol–water partition coefficient (Wildman–Crippen LogP) is 2.63. The van der Waals surface area contributed by atoms with Crippen LogP contribution in [0.15, 0.2) is 27.4 Å². The van der Waals surface area contributed by atoms with Crippen LogP contribution in [0, 0.1) is 0 Å². The molecule has 0 atom stereocenters. The van der Waals surface area contributed by atoms with Crippen molar-refractivity contribution in [3.8, 4) is 5.75 Å². The van der Waals surface area contributed by atoms with Crippen molar-refractivity contribution in [2.45, 2.75) is 13.1 Å². The molecule has 1 aromatic heterocycles. The van der Waals surface area contributed by atoms with Crippen LogP contribution in [-0.2, 0) is 13.1 Å². The quantitative estimate of drug-likeness (QED) is 0.843. The number of aromatic nitrogens is 3. The molecule has 1 heterocycles. The number of methoxy groups -OCH3 is 1. The zero-order valence-corrected chi connectivity index (χ0v) is 12.9. The number of hydrogen-bond donors (Lipinski definition) is 2. The Morgan fingerprint density at radius 2 is 2.17 bits per heavy atom. The third-order valence-corrected chi connectivity index (χ3v) is 3.41. The summed E-state index contributed by atoms with van der Waals surface area (Å²) in [5, 5.41) is 9.87. The highest BCUT2D eigenvalue weighted by Gasteiger charge is 2.09. The van der Waals surface area contributed by atoms with Crippen molar-refractivity contribution in [1.82, 2.24) is 20.5 Å². The summed E-state index contributed by atoms with van der Waals surface area (Å²) < 4.78 is 7.31. The maximum atomic E-state index is 5.38. The van der Waals surface area contributed by atoms with E-state index in [9.17, 15) is 0 Å². The van der Waals surface area contributed by atoms with Crippen LogP contribution in [0.3, 0.4) is 0 Å². The van der Waals surface area contributed by atoms with E-state index in [0.29, 0.717) is 13.1 Å². The number of nitrogens with zero attached hydrogens (tertiary/aromatic N) is 2. The molecule has 0 fully saturated rings. The lowest BCUT2D eigenvalue weighted by Crippen LogP contribution is -2.14. The number of hydrogen-bond acceptors (Lipinski definition) is 4. The minimum atomic E-state index is 0.632. The molecule has 5 nitrogen and oxygen atoms in total. The van der Waals surface area contributed by atoms with Crippen molar-refractivity contribution in [1.29, 1.82) is 0 Å². The van der Waals surface area contributed by atoms with E-state index in [0.717, 1.165) is 26.1 Å². The highest BCUT2D eigenvalue weighted by molar-refractivity contribution is 9.11. The van der Waals surface area contributed by atoms with E-state index in [2.05, 4.69) is 52.4 Å². The van der Waals surface area contributed by atoms with Crippen LogP contribution in [0.2, 0.25) is 0 Å². The van der Waals surface area contributed by atoms with Gasteiger partial charge in [0.2, 0.25) is 0 Å². The van der Waals surface area contributed by atoms with Gasteiger partial charge in [-0.1, -0.05) is 15.9 Å². The first-order chi connectivity index (χ1) is 8.70. The predicted molar refractivity (Wildman–Crippen MR) is 75.3 cm³/mol. The highest BCUT2D eigenvalue weighted by Crippen LogP contribution is 2.32. The van der Waals surface area contributed by atoms with Gasteiger partial charge in [-0.2, -0.15) is 5.10 Å². The summed E-state index contributed by atoms with van der Waals surface area (Å²) in [7, 11) is 1.66. The van der Waals surface area contributed by atoms with Crippen molar-refractivity contribution >= 4 is 31.9 Å². The molecule has 0 saturated heterocycles. The minimum Gasteiger partial charge on any atom is -0.495 e. The second-order valence-corrected chi connectivity index (χ2v) is 5.39. The van der Waals surface area contributed by atoms with Gasteiger partial charge in [0.25, 0.3) is 0 Å². The molecule has 0 spiro atoms. The number of halogens is 2. The molecule has 0 amide bonds. The van der Waals surface area contributed by atoms with E-state index in [-0.39, 0.29) is 0 Å². The molecule has 0 radical (unpaired) electrons. The van der Waals surface area contributed by atoms with Gasteiger partial charge in [-0.3, -0.25) is 5.10 Å². The summed E-state index contributed by atoms with van der Waals surface area (Å²) in [5.41, 5.74) is 1.07. The Kier molecular flexibility index (Phi) is 4.73. The normalized spacial score (nSPS) is 10.6. The standard InChI is InChI=1S/C11H12Br2N4O/c1-18-11-7(2-8(12)3-9(11)13)4-14-5-10-15-6-16-17-10/h2-3,6,14H,4-5H2,1H3,(H,15,16,17). The third kappa shape index (κ3) is 3.30. The lowest BCUT2D eigenvalue weighted by atomic mass is 10.2. The van der Waals surface area contributed by atoms with Crippen molar-refractivity contribution in [3.63, 3.8) is 0 Å². The number of benzene rings is 1. The molecule has 0 bridgehead atoms. The van der Waals surface area contributed by atoms with Crippen LogP contribution in [0.4, 0.5) is 0 Å². The van der Waals surface area contributed by atoms with Crippen molar-refractivity contribution in [2.75, 3.05) is 7.11 Å². The molecule has 0 aliphatic heterocycles. The van der Waals surface area contributed by atoms with Gasteiger partial charge in [0, 0.05) is 16.6 Å². The summed E-state index contributed by atoms with van der Waals surface area (Å²) in [6.45, 7) is 1.31. The molecule has 0 unspecified atom stereocenters. The molecule has 0 aliphatic rings. The summed E-state index contributed by atoms with van der Waals surface area (Å²) >= 11 is 6.94. The monoisotopic (exact) mass is 374 g/mol. The van der Waals surface area contributed by atoms with Crippen LogP contribution in [-0.4, -0.2) is 22.3 Å². The maximum absolute atomic E-state index is 5.38. The van der Waals surface area contributed by atoms with Crippen molar-refractivity contribution in [2.24, 2.45) is 0 Å². The lowest BCUT2D eigenvalue weighted by Gasteiger charge is -2.11. The lowest BCUT2D eigenvalue weighted by molar-refractivity contribution is 0.404. The number of nitrogens with one attached hydrogen (secondary N) is 2. The second-order valence-electron chi connectivity index (χ2n) is 3.62. The van der Waals surface area contributed by atoms with Crippen molar-refractivity contribution in [3.05, 3.63) is 38.8 Å². The van der Waals surface area contributed by atoms with Crippen LogP contribution < -0.4 is 10.1 Å². The molecule has 0 saturated carbocycles. The van der Waals surface area contributed by atoms with Crippen molar-refractivity contribution < 1.29 is 4.74 Å². The largest absolute Gasteiger partial charge is 0.495 e. The van der Waals surface area contributed by atoms with Gasteiger partial charge in [-0.05, 0) is 28.1 Å². The fourth-order valence-corrected chi connectivity index (χ4v) is 3.08. The molecule has 2 N–H and O–H groups in total. The summed E-state index contributed by atoms with van der Waals surface area (Å²) in [4.78, 5) is 4.05. The Labute approximate surface area is 122 Å². The number of H-pyrrole nitrogens is 1. The zero-order valence-electron chi connectivity index (χ0n) is 9.70. The van der Waals surface area contributed by atoms with E-state index < -0.39 is 0 Å². The van der Waals surface area contributed by atoms with Crippen LogP contribution in [0.1, 0.15) is 11.4 Å². The van der Waals surface area contributed by atoms with E-state index in [1.807, 2.05) is 12.1 Å². The average Bonchev–Trinajstić information content (AvgIpc) is 2.81. The van der Waals surface area contributed by atoms with Gasteiger partial charge < -0.3 is 10.1 Å². The zero-order chi connectivity index (χ0) is 13.0. The smallest absolute Gasteiger partial charge is 0.138 e. The van der Waals surface area contributed by atoms with E-state index in [4.69, 9.17) is 4.74 Å². The summed E-state index contributed by atoms with van der Waals surface area (Å²) in [5.74, 6) is 1.64. The Bertz CT molecular complexity index is 516. The Balaban J connectivity index is 2.04. The first-order valence-corrected chi connectivity index (χ1v) is 6.86. The van der Waals surface area contributed by atoms with Gasteiger partial charge >= 0.3 is 0 Å². The third-order valence-electron chi connectivity index (χ3n) is 2.36. The molecule has 96 valence electrons. The van der Waals surface area contributed by atoms with Crippen LogP contribution in [0.25, 0.3) is 0 Å². The Morgan fingerprint density at radius 3 is 2.83 bits per heavy atom. The van der Waals surface area contributed by atoms with Gasteiger partial charge in [0.1, 0.15) is 17.9 Å².